The van der Waals surface area contributed by atoms with E-state index in [9.17, 15) is 4.79 Å². The van der Waals surface area contributed by atoms with Gasteiger partial charge in [0.1, 0.15) is 5.70 Å². The van der Waals surface area contributed by atoms with Gasteiger partial charge in [0.2, 0.25) is 0 Å². The number of carboxylic acids is 1. The molecule has 8 heavy (non-hydrogen) atoms. The molecule has 0 aromatic rings. The Morgan fingerprint density at radius 3 is 2.12 bits per heavy atom. The molecule has 0 saturated carbocycles. The van der Waals surface area contributed by atoms with Gasteiger partial charge < -0.3 is 16.3 Å². The number of carbonyl (C=O) groups is 1. The predicted octanol–water partition coefficient (Wildman–Crippen LogP) is -0.891. The van der Waals surface area contributed by atoms with Crippen LogP contribution in [0.4, 0.5) is 0 Å². The summed E-state index contributed by atoms with van der Waals surface area (Å²) in [6, 6.07) is 0. The third-order valence-electron chi connectivity index (χ3n) is 0.558. The standard InChI is InChI=1S/C4H7NO2.H2O/c1-2-3(5)4(6)7;/h2H,5H2,1H3,(H,6,7);1H2/b3-2-;. The van der Waals surface area contributed by atoms with Crippen LogP contribution in [0.25, 0.3) is 0 Å². The van der Waals surface area contributed by atoms with E-state index in [4.69, 9.17) is 10.8 Å². The molecule has 0 aliphatic rings. The van der Waals surface area contributed by atoms with Crippen molar-refractivity contribution in [3.8, 4) is 0 Å². The summed E-state index contributed by atoms with van der Waals surface area (Å²) in [5, 5.41) is 7.99. The minimum atomic E-state index is -1.07. The first kappa shape index (κ1) is 10.1. The van der Waals surface area contributed by atoms with E-state index in [-0.39, 0.29) is 11.2 Å². The molecule has 0 spiro atoms. The van der Waals surface area contributed by atoms with Crippen molar-refractivity contribution in [2.45, 2.75) is 6.92 Å². The van der Waals surface area contributed by atoms with Crippen molar-refractivity contribution in [2.24, 2.45) is 5.73 Å². The fourth-order valence-corrected chi connectivity index (χ4v) is 0.123. The molecule has 0 radical (unpaired) electrons. The van der Waals surface area contributed by atoms with E-state index in [0.29, 0.717) is 0 Å². The molecule has 48 valence electrons. The molecular weight excluding hydrogens is 110 g/mol. The number of nitrogens with two attached hydrogens (primary N) is 1. The highest BCUT2D eigenvalue weighted by atomic mass is 16.4. The van der Waals surface area contributed by atoms with Gasteiger partial charge in [-0.05, 0) is 6.92 Å². The largest absolute Gasteiger partial charge is 0.477 e. The fourth-order valence-electron chi connectivity index (χ4n) is 0.123. The molecule has 0 atom stereocenters. The molecule has 0 saturated heterocycles. The maximum absolute atomic E-state index is 9.74. The van der Waals surface area contributed by atoms with Crippen LogP contribution in [0.3, 0.4) is 0 Å². The normalized spacial score (nSPS) is 9.88. The number of carboxylic acid groups (broad SMARTS) is 1. The summed E-state index contributed by atoms with van der Waals surface area (Å²) in [5.74, 6) is -1.07. The van der Waals surface area contributed by atoms with Gasteiger partial charge in [-0.1, -0.05) is 6.08 Å². The molecule has 0 unspecified atom stereocenters. The van der Waals surface area contributed by atoms with Gasteiger partial charge in [0.05, 0.1) is 0 Å². The molecule has 0 fully saturated rings. The molecule has 0 aliphatic heterocycles. The van der Waals surface area contributed by atoms with E-state index in [0.717, 1.165) is 0 Å². The number of hydrogen-bond acceptors (Lipinski definition) is 2. The van der Waals surface area contributed by atoms with Crippen molar-refractivity contribution in [3.05, 3.63) is 11.8 Å². The lowest BCUT2D eigenvalue weighted by Crippen LogP contribution is -2.08. The average Bonchev–Trinajstić information content (AvgIpc) is 1.65. The third-order valence-corrected chi connectivity index (χ3v) is 0.558. The zero-order valence-electron chi connectivity index (χ0n) is 4.51. The minimum Gasteiger partial charge on any atom is -0.477 e. The number of allylic oxidation sites excluding steroid dienone is 1. The Hall–Kier alpha value is -1.03. The second kappa shape index (κ2) is 4.14. The lowest BCUT2D eigenvalue weighted by atomic mass is 10.4. The summed E-state index contributed by atoms with van der Waals surface area (Å²) in [7, 11) is 0. The average molecular weight is 119 g/mol. The predicted molar refractivity (Wildman–Crippen MR) is 29.2 cm³/mol. The Bertz CT molecular complexity index is 108. The lowest BCUT2D eigenvalue weighted by Gasteiger charge is -1.85. The zero-order valence-corrected chi connectivity index (χ0v) is 4.51. The second-order valence-corrected chi connectivity index (χ2v) is 1.05. The molecular formula is C4H9NO3. The van der Waals surface area contributed by atoms with Crippen molar-refractivity contribution in [1.29, 1.82) is 0 Å². The van der Waals surface area contributed by atoms with E-state index >= 15 is 0 Å². The van der Waals surface area contributed by atoms with Crippen molar-refractivity contribution in [3.63, 3.8) is 0 Å². The first-order valence-corrected chi connectivity index (χ1v) is 1.83. The van der Waals surface area contributed by atoms with Crippen LogP contribution in [0.2, 0.25) is 0 Å². The minimum absolute atomic E-state index is 0. The monoisotopic (exact) mass is 119 g/mol. The van der Waals surface area contributed by atoms with Crippen LogP contribution >= 0.6 is 0 Å². The smallest absolute Gasteiger partial charge is 0.351 e. The van der Waals surface area contributed by atoms with E-state index in [2.05, 4.69) is 0 Å². The Morgan fingerprint density at radius 1 is 1.75 bits per heavy atom. The van der Waals surface area contributed by atoms with E-state index in [1.54, 1.807) is 6.92 Å². The Labute approximate surface area is 46.9 Å². The van der Waals surface area contributed by atoms with Crippen LogP contribution in [-0.4, -0.2) is 16.6 Å². The maximum Gasteiger partial charge on any atom is 0.351 e. The first-order valence-electron chi connectivity index (χ1n) is 1.83. The molecule has 4 heteroatoms. The van der Waals surface area contributed by atoms with Gasteiger partial charge in [-0.15, -0.1) is 0 Å². The Morgan fingerprint density at radius 2 is 2.12 bits per heavy atom. The topological polar surface area (TPSA) is 94.8 Å². The number of aliphatic carboxylic acids is 1. The van der Waals surface area contributed by atoms with Crippen LogP contribution in [0, 0.1) is 0 Å². The molecule has 4 nitrogen and oxygen atoms in total. The SMILES string of the molecule is C/C=C(\N)C(=O)O.O. The second-order valence-electron chi connectivity index (χ2n) is 1.05. The Kier molecular flexibility index (Phi) is 5.20. The van der Waals surface area contributed by atoms with Crippen LogP contribution in [-0.2, 0) is 4.79 Å². The van der Waals surface area contributed by atoms with Gasteiger partial charge in [-0.2, -0.15) is 0 Å². The molecule has 0 aliphatic carbocycles. The summed E-state index contributed by atoms with van der Waals surface area (Å²) in [6.45, 7) is 1.57. The first-order chi connectivity index (χ1) is 3.18. The summed E-state index contributed by atoms with van der Waals surface area (Å²) in [5.41, 5.74) is 4.77. The molecule has 0 aromatic carbocycles. The number of hydrogen-bond donors (Lipinski definition) is 2. The van der Waals surface area contributed by atoms with Crippen molar-refractivity contribution < 1.29 is 15.4 Å². The van der Waals surface area contributed by atoms with Crippen LogP contribution in [0.15, 0.2) is 11.8 Å². The number of rotatable bonds is 1. The highest BCUT2D eigenvalue weighted by Gasteiger charge is 1.94. The molecule has 0 bridgehead atoms. The summed E-state index contributed by atoms with van der Waals surface area (Å²) in [6.07, 6.45) is 1.34. The highest BCUT2D eigenvalue weighted by Crippen LogP contribution is 1.78. The van der Waals surface area contributed by atoms with Gasteiger partial charge in [0.25, 0.3) is 0 Å². The Balaban J connectivity index is 0. The van der Waals surface area contributed by atoms with Crippen LogP contribution in [0.1, 0.15) is 6.92 Å². The summed E-state index contributed by atoms with van der Waals surface area (Å²) in [4.78, 5) is 9.74. The summed E-state index contributed by atoms with van der Waals surface area (Å²) < 4.78 is 0. The van der Waals surface area contributed by atoms with Gasteiger partial charge >= 0.3 is 5.97 Å². The molecule has 0 amide bonds. The molecule has 5 N–H and O–H groups in total. The quantitative estimate of drug-likeness (QED) is 0.438. The highest BCUT2D eigenvalue weighted by molar-refractivity contribution is 5.85. The third kappa shape index (κ3) is 3.17. The van der Waals surface area contributed by atoms with Gasteiger partial charge in [0, 0.05) is 0 Å². The van der Waals surface area contributed by atoms with Gasteiger partial charge in [-0.3, -0.25) is 0 Å². The fraction of sp³-hybridized carbons (Fsp3) is 0.250. The van der Waals surface area contributed by atoms with E-state index in [1.807, 2.05) is 0 Å². The van der Waals surface area contributed by atoms with Gasteiger partial charge in [0.15, 0.2) is 0 Å². The molecule has 0 rings (SSSR count). The van der Waals surface area contributed by atoms with Crippen molar-refractivity contribution in [1.82, 2.24) is 0 Å². The zero-order chi connectivity index (χ0) is 5.86. The van der Waals surface area contributed by atoms with E-state index < -0.39 is 5.97 Å². The van der Waals surface area contributed by atoms with Crippen molar-refractivity contribution in [2.75, 3.05) is 0 Å². The van der Waals surface area contributed by atoms with Crippen LogP contribution < -0.4 is 5.73 Å². The lowest BCUT2D eigenvalue weighted by molar-refractivity contribution is -0.132. The van der Waals surface area contributed by atoms with Gasteiger partial charge in [-0.25, -0.2) is 4.79 Å². The van der Waals surface area contributed by atoms with Crippen LogP contribution in [0.5, 0.6) is 0 Å². The molecule has 0 aromatic heterocycles. The van der Waals surface area contributed by atoms with Crippen molar-refractivity contribution >= 4 is 5.97 Å². The van der Waals surface area contributed by atoms with E-state index in [1.165, 1.54) is 6.08 Å². The maximum atomic E-state index is 9.74. The molecule has 0 heterocycles. The summed E-state index contributed by atoms with van der Waals surface area (Å²) >= 11 is 0.